The van der Waals surface area contributed by atoms with E-state index in [9.17, 15) is 4.79 Å². The van der Waals surface area contributed by atoms with Crippen LogP contribution in [0.5, 0.6) is 0 Å². The number of hydrogen-bond acceptors (Lipinski definition) is 3. The van der Waals surface area contributed by atoms with Crippen LogP contribution in [0.25, 0.3) is 0 Å². The van der Waals surface area contributed by atoms with Gasteiger partial charge in [0.1, 0.15) is 6.29 Å². The van der Waals surface area contributed by atoms with Crippen molar-refractivity contribution in [3.63, 3.8) is 0 Å². The molecule has 0 atom stereocenters. The minimum atomic E-state index is 0. The lowest BCUT2D eigenvalue weighted by Gasteiger charge is -2.20. The molecule has 1 fully saturated rings. The second-order valence-electron chi connectivity index (χ2n) is 3.87. The summed E-state index contributed by atoms with van der Waals surface area (Å²) in [6.07, 6.45) is 0.997. The summed E-state index contributed by atoms with van der Waals surface area (Å²) in [4.78, 5) is 9.75. The van der Waals surface area contributed by atoms with Crippen LogP contribution in [-0.2, 0) is 9.53 Å². The van der Waals surface area contributed by atoms with Gasteiger partial charge in [-0.2, -0.15) is 0 Å². The summed E-state index contributed by atoms with van der Waals surface area (Å²) in [6.45, 7) is 7.85. The molecule has 0 spiro atoms. The molecule has 1 rings (SSSR count). The lowest BCUT2D eigenvalue weighted by molar-refractivity contribution is -0.112. The van der Waals surface area contributed by atoms with Gasteiger partial charge in [0, 0.05) is 26.1 Å². The Bertz CT molecular complexity index is 127. The molecule has 13 heavy (non-hydrogen) atoms. The van der Waals surface area contributed by atoms with Gasteiger partial charge in [0.05, 0.1) is 5.60 Å². The summed E-state index contributed by atoms with van der Waals surface area (Å²) in [7, 11) is 1.71. The number of carbonyl (C=O) groups excluding carboxylic acids is 1. The van der Waals surface area contributed by atoms with Crippen LogP contribution in [0, 0.1) is 5.92 Å². The number of hydrogen-bond donors (Lipinski definition) is 1. The number of carbonyl (C=O) groups is 1. The Kier molecular flexibility index (Phi) is 8.10. The van der Waals surface area contributed by atoms with Crippen molar-refractivity contribution < 1.29 is 15.0 Å². The predicted octanol–water partition coefficient (Wildman–Crippen LogP) is 0.0113. The fourth-order valence-corrected chi connectivity index (χ4v) is 0.407. The Hall–Kier alpha value is -0.450. The number of methoxy groups -OCH3 is 1. The first-order chi connectivity index (χ1) is 5.49. The van der Waals surface area contributed by atoms with E-state index in [1.165, 1.54) is 0 Å². The third kappa shape index (κ3) is 9.46. The average Bonchev–Trinajstić information content (AvgIpc) is 1.85. The van der Waals surface area contributed by atoms with Crippen molar-refractivity contribution in [2.45, 2.75) is 26.4 Å². The zero-order valence-electron chi connectivity index (χ0n) is 8.89. The monoisotopic (exact) mass is 191 g/mol. The van der Waals surface area contributed by atoms with Gasteiger partial charge in [0.15, 0.2) is 0 Å². The maximum absolute atomic E-state index is 9.75. The zero-order chi connectivity index (χ0) is 9.61. The van der Waals surface area contributed by atoms with Gasteiger partial charge in [-0.15, -0.1) is 0 Å². The van der Waals surface area contributed by atoms with Crippen LogP contribution in [0.15, 0.2) is 0 Å². The summed E-state index contributed by atoms with van der Waals surface area (Å²) in [5, 5.41) is 2.98. The molecule has 0 aliphatic carbocycles. The van der Waals surface area contributed by atoms with E-state index in [0.29, 0.717) is 5.92 Å². The number of aldehydes is 1. The molecule has 0 aromatic carbocycles. The van der Waals surface area contributed by atoms with E-state index in [0.717, 1.165) is 19.4 Å². The predicted molar refractivity (Wildman–Crippen MR) is 52.8 cm³/mol. The first-order valence-electron chi connectivity index (χ1n) is 4.21. The molecular formula is C9H21NO3. The molecule has 0 radical (unpaired) electrons. The highest BCUT2D eigenvalue weighted by Crippen LogP contribution is 2.02. The van der Waals surface area contributed by atoms with Crippen LogP contribution in [0.2, 0.25) is 0 Å². The fourth-order valence-electron chi connectivity index (χ4n) is 0.407. The maximum atomic E-state index is 9.75. The smallest absolute Gasteiger partial charge is 0.125 e. The minimum absolute atomic E-state index is 0. The van der Waals surface area contributed by atoms with Gasteiger partial charge in [-0.25, -0.2) is 0 Å². The van der Waals surface area contributed by atoms with Gasteiger partial charge < -0.3 is 20.3 Å². The molecule has 3 N–H and O–H groups in total. The largest absolute Gasteiger partial charge is 0.412 e. The second-order valence-corrected chi connectivity index (χ2v) is 3.87. The van der Waals surface area contributed by atoms with Gasteiger partial charge >= 0.3 is 0 Å². The highest BCUT2D eigenvalue weighted by Gasteiger charge is 2.13. The Morgan fingerprint density at radius 2 is 1.77 bits per heavy atom. The normalized spacial score (nSPS) is 16.0. The first-order valence-corrected chi connectivity index (χ1v) is 4.21. The van der Waals surface area contributed by atoms with Crippen molar-refractivity contribution >= 4 is 6.29 Å². The van der Waals surface area contributed by atoms with Gasteiger partial charge in [-0.05, 0) is 20.8 Å². The summed E-state index contributed by atoms with van der Waals surface area (Å²) in [5.74, 6) is 0.324. The molecule has 80 valence electrons. The highest BCUT2D eigenvalue weighted by molar-refractivity contribution is 5.55. The molecule has 4 heteroatoms. The quantitative estimate of drug-likeness (QED) is 0.594. The number of nitrogens with one attached hydrogen (secondary N) is 1. The molecular weight excluding hydrogens is 170 g/mol. The van der Waals surface area contributed by atoms with Crippen molar-refractivity contribution in [1.29, 1.82) is 0 Å². The molecule has 0 bridgehead atoms. The Balaban J connectivity index is 0. The van der Waals surface area contributed by atoms with Crippen molar-refractivity contribution in [2.24, 2.45) is 5.92 Å². The SMILES string of the molecule is COC(C)(C)C.O.O=CC1CNC1. The molecule has 1 saturated heterocycles. The van der Waals surface area contributed by atoms with E-state index < -0.39 is 0 Å². The fraction of sp³-hybridized carbons (Fsp3) is 0.889. The van der Waals surface area contributed by atoms with E-state index in [4.69, 9.17) is 4.74 Å². The number of ether oxygens (including phenoxy) is 1. The summed E-state index contributed by atoms with van der Waals surface area (Å²) in [6, 6.07) is 0. The molecule has 0 amide bonds. The third-order valence-electron chi connectivity index (χ3n) is 1.62. The zero-order valence-corrected chi connectivity index (χ0v) is 8.89. The Labute approximate surface area is 80.0 Å². The van der Waals surface area contributed by atoms with E-state index >= 15 is 0 Å². The van der Waals surface area contributed by atoms with Crippen molar-refractivity contribution in [2.75, 3.05) is 20.2 Å². The summed E-state index contributed by atoms with van der Waals surface area (Å²) >= 11 is 0. The molecule has 1 heterocycles. The van der Waals surface area contributed by atoms with Gasteiger partial charge in [-0.3, -0.25) is 0 Å². The second kappa shape index (κ2) is 7.00. The summed E-state index contributed by atoms with van der Waals surface area (Å²) in [5.41, 5.74) is 0.0417. The van der Waals surface area contributed by atoms with Gasteiger partial charge in [0.25, 0.3) is 0 Å². The lowest BCUT2D eigenvalue weighted by atomic mass is 10.1. The van der Waals surface area contributed by atoms with Gasteiger partial charge in [0.2, 0.25) is 0 Å². The number of rotatable bonds is 1. The van der Waals surface area contributed by atoms with Crippen LogP contribution in [0.1, 0.15) is 20.8 Å². The van der Waals surface area contributed by atoms with E-state index in [1.54, 1.807) is 7.11 Å². The molecule has 1 aliphatic heterocycles. The summed E-state index contributed by atoms with van der Waals surface area (Å²) < 4.78 is 4.94. The average molecular weight is 191 g/mol. The Morgan fingerprint density at radius 3 is 1.77 bits per heavy atom. The van der Waals surface area contributed by atoms with Gasteiger partial charge in [-0.1, -0.05) is 0 Å². The van der Waals surface area contributed by atoms with Crippen LogP contribution < -0.4 is 5.32 Å². The maximum Gasteiger partial charge on any atom is 0.125 e. The molecule has 0 unspecified atom stereocenters. The van der Waals surface area contributed by atoms with Crippen molar-refractivity contribution in [1.82, 2.24) is 5.32 Å². The molecule has 0 aromatic rings. The van der Waals surface area contributed by atoms with Crippen LogP contribution >= 0.6 is 0 Å². The molecule has 0 saturated carbocycles. The Morgan fingerprint density at radius 1 is 1.38 bits per heavy atom. The molecule has 4 nitrogen and oxygen atoms in total. The lowest BCUT2D eigenvalue weighted by Crippen LogP contribution is -2.42. The van der Waals surface area contributed by atoms with E-state index in [2.05, 4.69) is 5.32 Å². The van der Waals surface area contributed by atoms with Crippen molar-refractivity contribution in [3.8, 4) is 0 Å². The van der Waals surface area contributed by atoms with Crippen LogP contribution in [0.4, 0.5) is 0 Å². The van der Waals surface area contributed by atoms with Crippen LogP contribution in [-0.4, -0.2) is 37.6 Å². The molecule has 0 aromatic heterocycles. The van der Waals surface area contributed by atoms with E-state index in [-0.39, 0.29) is 11.1 Å². The topological polar surface area (TPSA) is 69.8 Å². The standard InChI is InChI=1S/C5H12O.C4H7NO.H2O/c1-5(2,3)6-4;6-3-4-1-5-2-4;/h1-4H3;3-5H,1-2H2;1H2. The highest BCUT2D eigenvalue weighted by atomic mass is 16.5. The third-order valence-corrected chi connectivity index (χ3v) is 1.62. The minimum Gasteiger partial charge on any atom is -0.412 e. The van der Waals surface area contributed by atoms with Crippen molar-refractivity contribution in [3.05, 3.63) is 0 Å². The molecule has 1 aliphatic rings. The van der Waals surface area contributed by atoms with E-state index in [1.807, 2.05) is 20.8 Å². The first kappa shape index (κ1) is 15.0. The van der Waals surface area contributed by atoms with Crippen LogP contribution in [0.3, 0.4) is 0 Å².